The average Bonchev–Trinajstić information content (AvgIpc) is 3.26. The maximum Gasteiger partial charge on any atom is 0.0780 e. The molecule has 0 spiro atoms. The summed E-state index contributed by atoms with van der Waals surface area (Å²) in [5.74, 6) is 0. The highest BCUT2D eigenvalue weighted by atomic mass is 31.1. The van der Waals surface area contributed by atoms with E-state index in [9.17, 15) is 0 Å². The standard InChI is InChI=1S/C51H38N3P/c1-5-20-41(21-6-1)53(42-22-7-2-8-23-42)45-28-16-31-48(37-45)55(47-30-15-19-40(36-47)51-50-33-14-13-18-39(50)34-35-52-51)49-32-17-29-46(38-49)54(43-24-9-3-10-25-43)44-26-11-4-12-27-44/h1-38H. The third kappa shape index (κ3) is 7.14. The van der Waals surface area contributed by atoms with Crippen molar-refractivity contribution >= 4 is 68.7 Å². The number of hydrogen-bond acceptors (Lipinski definition) is 3. The monoisotopic (exact) mass is 723 g/mol. The van der Waals surface area contributed by atoms with Crippen molar-refractivity contribution in [3.8, 4) is 11.3 Å². The number of benzene rings is 8. The first kappa shape index (κ1) is 34.0. The predicted molar refractivity (Wildman–Crippen MR) is 235 cm³/mol. The number of nitrogens with zero attached hydrogens (tertiary/aromatic N) is 3. The summed E-state index contributed by atoms with van der Waals surface area (Å²) in [6.45, 7) is 0. The number of aromatic nitrogens is 1. The van der Waals surface area contributed by atoms with Gasteiger partial charge >= 0.3 is 0 Å². The van der Waals surface area contributed by atoms with Crippen LogP contribution < -0.4 is 25.7 Å². The van der Waals surface area contributed by atoms with Crippen molar-refractivity contribution in [3.05, 3.63) is 231 Å². The second-order valence-electron chi connectivity index (χ2n) is 13.3. The molecule has 0 radical (unpaired) electrons. The molecular weight excluding hydrogens is 686 g/mol. The lowest BCUT2D eigenvalue weighted by Gasteiger charge is -2.29. The largest absolute Gasteiger partial charge is 0.310 e. The third-order valence-electron chi connectivity index (χ3n) is 9.80. The minimum absolute atomic E-state index is 0.996. The molecule has 9 rings (SSSR count). The van der Waals surface area contributed by atoms with Crippen LogP contribution in [0.2, 0.25) is 0 Å². The molecule has 0 aliphatic heterocycles. The predicted octanol–water partition coefficient (Wildman–Crippen LogP) is 12.6. The van der Waals surface area contributed by atoms with E-state index >= 15 is 0 Å². The Balaban J connectivity index is 1.23. The fourth-order valence-corrected chi connectivity index (χ4v) is 9.73. The lowest BCUT2D eigenvalue weighted by atomic mass is 10.0. The van der Waals surface area contributed by atoms with Gasteiger partial charge in [0.25, 0.3) is 0 Å². The van der Waals surface area contributed by atoms with E-state index in [1.807, 2.05) is 6.20 Å². The molecule has 0 aliphatic carbocycles. The van der Waals surface area contributed by atoms with E-state index in [2.05, 4.69) is 234 Å². The first-order valence-corrected chi connectivity index (χ1v) is 19.9. The molecule has 0 saturated heterocycles. The third-order valence-corrected chi connectivity index (χ3v) is 12.2. The SMILES string of the molecule is c1ccc(N(c2ccccc2)c2cccc(P(c3cccc(-c4nccc5ccccc45)c3)c3cccc(N(c4ccccc4)c4ccccc4)c3)c2)cc1. The van der Waals surface area contributed by atoms with Crippen LogP contribution in [-0.4, -0.2) is 4.98 Å². The summed E-state index contributed by atoms with van der Waals surface area (Å²) in [5.41, 5.74) is 8.78. The van der Waals surface area contributed by atoms with Crippen LogP contribution in [0.5, 0.6) is 0 Å². The molecule has 9 aromatic rings. The zero-order chi connectivity index (χ0) is 36.8. The summed E-state index contributed by atoms with van der Waals surface area (Å²) < 4.78 is 0. The Morgan fingerprint density at radius 2 is 0.727 bits per heavy atom. The van der Waals surface area contributed by atoms with Gasteiger partial charge in [-0.1, -0.05) is 140 Å². The van der Waals surface area contributed by atoms with Gasteiger partial charge in [0.1, 0.15) is 0 Å². The zero-order valence-electron chi connectivity index (χ0n) is 30.2. The van der Waals surface area contributed by atoms with Crippen LogP contribution in [0.1, 0.15) is 0 Å². The molecule has 0 aliphatic rings. The van der Waals surface area contributed by atoms with Crippen molar-refractivity contribution in [1.29, 1.82) is 0 Å². The lowest BCUT2D eigenvalue weighted by Crippen LogP contribution is -2.23. The van der Waals surface area contributed by atoms with Gasteiger partial charge in [-0.05, 0) is 114 Å². The van der Waals surface area contributed by atoms with Gasteiger partial charge < -0.3 is 9.80 Å². The minimum atomic E-state index is -1.03. The van der Waals surface area contributed by atoms with Gasteiger partial charge in [-0.2, -0.15) is 0 Å². The van der Waals surface area contributed by atoms with Crippen LogP contribution in [0.4, 0.5) is 34.1 Å². The second kappa shape index (κ2) is 15.7. The Hall–Kier alpha value is -6.80. The molecule has 3 nitrogen and oxygen atoms in total. The van der Waals surface area contributed by atoms with Gasteiger partial charge in [0, 0.05) is 51.3 Å². The Kier molecular flexibility index (Phi) is 9.68. The van der Waals surface area contributed by atoms with E-state index in [0.717, 1.165) is 50.8 Å². The number of fused-ring (bicyclic) bond motifs is 1. The fraction of sp³-hybridized carbons (Fsp3) is 0. The molecule has 55 heavy (non-hydrogen) atoms. The number of anilines is 6. The fourth-order valence-electron chi connectivity index (χ4n) is 7.33. The van der Waals surface area contributed by atoms with E-state index in [1.54, 1.807) is 0 Å². The summed E-state index contributed by atoms with van der Waals surface area (Å²) in [4.78, 5) is 9.61. The van der Waals surface area contributed by atoms with E-state index in [-0.39, 0.29) is 0 Å². The Morgan fingerprint density at radius 3 is 1.22 bits per heavy atom. The van der Waals surface area contributed by atoms with Crippen LogP contribution in [-0.2, 0) is 0 Å². The molecular formula is C51H38N3P. The number of pyridine rings is 1. The van der Waals surface area contributed by atoms with Gasteiger partial charge in [-0.25, -0.2) is 0 Å². The average molecular weight is 724 g/mol. The number of hydrogen-bond donors (Lipinski definition) is 0. The highest BCUT2D eigenvalue weighted by Crippen LogP contribution is 2.41. The molecule has 8 aromatic carbocycles. The normalized spacial score (nSPS) is 11.1. The first-order chi connectivity index (χ1) is 27.3. The molecule has 262 valence electrons. The minimum Gasteiger partial charge on any atom is -0.310 e. The molecule has 1 aromatic heterocycles. The molecule has 0 N–H and O–H groups in total. The summed E-state index contributed by atoms with van der Waals surface area (Å²) >= 11 is 0. The number of rotatable bonds is 10. The van der Waals surface area contributed by atoms with Crippen molar-refractivity contribution in [2.24, 2.45) is 0 Å². The van der Waals surface area contributed by atoms with Crippen LogP contribution in [0.3, 0.4) is 0 Å². The Labute approximate surface area is 324 Å². The lowest BCUT2D eigenvalue weighted by molar-refractivity contribution is 1.29. The topological polar surface area (TPSA) is 19.4 Å². The number of para-hydroxylation sites is 4. The molecule has 4 heteroatoms. The smallest absolute Gasteiger partial charge is 0.0780 e. The molecule has 0 amide bonds. The molecule has 1 heterocycles. The van der Waals surface area contributed by atoms with Gasteiger partial charge in [-0.3, -0.25) is 4.98 Å². The van der Waals surface area contributed by atoms with Crippen LogP contribution in [0.25, 0.3) is 22.0 Å². The van der Waals surface area contributed by atoms with Crippen molar-refractivity contribution in [3.63, 3.8) is 0 Å². The maximum atomic E-state index is 4.93. The van der Waals surface area contributed by atoms with Crippen molar-refractivity contribution in [2.75, 3.05) is 9.80 Å². The summed E-state index contributed by atoms with van der Waals surface area (Å²) in [6, 6.07) is 80.3. The highest BCUT2D eigenvalue weighted by Gasteiger charge is 2.22. The Bertz CT molecular complexity index is 2460. The van der Waals surface area contributed by atoms with Crippen molar-refractivity contribution in [2.45, 2.75) is 0 Å². The summed E-state index contributed by atoms with van der Waals surface area (Å²) in [6.07, 6.45) is 1.92. The van der Waals surface area contributed by atoms with Crippen LogP contribution >= 0.6 is 7.92 Å². The van der Waals surface area contributed by atoms with Gasteiger partial charge in [0.15, 0.2) is 0 Å². The van der Waals surface area contributed by atoms with Crippen molar-refractivity contribution < 1.29 is 0 Å². The summed E-state index contributed by atoms with van der Waals surface area (Å²) in [7, 11) is -1.03. The zero-order valence-corrected chi connectivity index (χ0v) is 31.1. The van der Waals surface area contributed by atoms with Gasteiger partial charge in [-0.15, -0.1) is 0 Å². The Morgan fingerprint density at radius 1 is 0.327 bits per heavy atom. The first-order valence-electron chi connectivity index (χ1n) is 18.6. The van der Waals surface area contributed by atoms with Crippen LogP contribution in [0.15, 0.2) is 231 Å². The van der Waals surface area contributed by atoms with E-state index in [0.29, 0.717) is 0 Å². The molecule has 0 saturated carbocycles. The van der Waals surface area contributed by atoms with E-state index in [1.165, 1.54) is 21.3 Å². The second-order valence-corrected chi connectivity index (χ2v) is 15.5. The van der Waals surface area contributed by atoms with E-state index < -0.39 is 7.92 Å². The highest BCUT2D eigenvalue weighted by molar-refractivity contribution is 7.79. The molecule has 0 unspecified atom stereocenters. The van der Waals surface area contributed by atoms with E-state index in [4.69, 9.17) is 4.98 Å². The van der Waals surface area contributed by atoms with Gasteiger partial charge in [0.2, 0.25) is 0 Å². The molecule has 0 bridgehead atoms. The molecule has 0 atom stereocenters. The summed E-state index contributed by atoms with van der Waals surface area (Å²) in [5, 5.41) is 6.11. The van der Waals surface area contributed by atoms with Gasteiger partial charge in [0.05, 0.1) is 5.69 Å². The van der Waals surface area contributed by atoms with Crippen molar-refractivity contribution in [1.82, 2.24) is 4.98 Å². The maximum absolute atomic E-state index is 4.93. The molecule has 0 fully saturated rings. The quantitative estimate of drug-likeness (QED) is 0.131. The van der Waals surface area contributed by atoms with Crippen LogP contribution in [0, 0.1) is 0 Å².